The summed E-state index contributed by atoms with van der Waals surface area (Å²) in [6.45, 7) is 0. The number of aromatic nitrogens is 1. The van der Waals surface area contributed by atoms with Crippen molar-refractivity contribution >= 4 is 21.7 Å². The molecule has 0 saturated heterocycles. The molecule has 0 aliphatic rings. The molecule has 4 N–H and O–H groups in total. The van der Waals surface area contributed by atoms with Gasteiger partial charge in [-0.25, -0.2) is 0 Å². The largest absolute Gasteiger partial charge is 0.488 e. The van der Waals surface area contributed by atoms with Gasteiger partial charge in [-0.3, -0.25) is 11.6 Å². The third kappa shape index (κ3) is 1.37. The van der Waals surface area contributed by atoms with Crippen LogP contribution in [0.15, 0.2) is 16.7 Å². The highest BCUT2D eigenvalue weighted by molar-refractivity contribution is 9.10. The lowest BCUT2D eigenvalue weighted by atomic mass is 10.4. The molecule has 11 heavy (non-hydrogen) atoms. The minimum atomic E-state index is 0.391. The Morgan fingerprint density at radius 1 is 1.64 bits per heavy atom. The van der Waals surface area contributed by atoms with Gasteiger partial charge in [-0.1, -0.05) is 0 Å². The van der Waals surface area contributed by atoms with Crippen LogP contribution in [0.25, 0.3) is 0 Å². The molecule has 0 amide bonds. The summed E-state index contributed by atoms with van der Waals surface area (Å²) >= 11 is 3.27. The van der Waals surface area contributed by atoms with Crippen LogP contribution >= 0.6 is 15.9 Å². The molecule has 0 radical (unpaired) electrons. The van der Waals surface area contributed by atoms with E-state index >= 15 is 0 Å². The maximum absolute atomic E-state index is 5.58. The second kappa shape index (κ2) is 2.96. The predicted molar refractivity (Wildman–Crippen MR) is 45.5 cm³/mol. The van der Waals surface area contributed by atoms with Gasteiger partial charge >= 0.3 is 5.82 Å². The van der Waals surface area contributed by atoms with Crippen LogP contribution in [-0.2, 0) is 0 Å². The molecule has 1 aromatic rings. The highest BCUT2D eigenvalue weighted by Gasteiger charge is 2.12. The molecule has 1 heterocycles. The normalized spacial score (nSPS) is 9.64. The summed E-state index contributed by atoms with van der Waals surface area (Å²) < 4.78 is 7.07. The summed E-state index contributed by atoms with van der Waals surface area (Å²) in [5, 5.41) is 0. The van der Waals surface area contributed by atoms with Crippen molar-refractivity contribution in [3.8, 4) is 5.75 Å². The summed E-state index contributed by atoms with van der Waals surface area (Å²) in [5.74, 6) is 6.40. The zero-order chi connectivity index (χ0) is 8.43. The molecule has 0 saturated carbocycles. The molecule has 0 spiro atoms. The fraction of sp³-hybridized carbons (Fsp3) is 0.167. The van der Waals surface area contributed by atoms with Gasteiger partial charge in [0, 0.05) is 0 Å². The van der Waals surface area contributed by atoms with Crippen molar-refractivity contribution in [3.63, 3.8) is 0 Å². The van der Waals surface area contributed by atoms with E-state index in [1.807, 2.05) is 0 Å². The van der Waals surface area contributed by atoms with Crippen LogP contribution in [0.1, 0.15) is 0 Å². The molecular formula is C6H9BrN3O+. The second-order valence-electron chi connectivity index (χ2n) is 1.99. The van der Waals surface area contributed by atoms with E-state index in [1.54, 1.807) is 12.3 Å². The van der Waals surface area contributed by atoms with Gasteiger partial charge in [0.2, 0.25) is 5.75 Å². The number of nitrogens with zero attached hydrogens (tertiary/aromatic N) is 1. The Morgan fingerprint density at radius 2 is 2.27 bits per heavy atom. The van der Waals surface area contributed by atoms with Crippen LogP contribution < -0.4 is 21.0 Å². The molecule has 0 bridgehead atoms. The lowest BCUT2D eigenvalue weighted by molar-refractivity contribution is -0.624. The fourth-order valence-electron chi connectivity index (χ4n) is 0.743. The van der Waals surface area contributed by atoms with Gasteiger partial charge in [-0.05, 0) is 22.0 Å². The van der Waals surface area contributed by atoms with Gasteiger partial charge in [-0.15, -0.1) is 4.68 Å². The molecule has 1 rings (SSSR count). The molecular weight excluding hydrogens is 210 g/mol. The number of anilines is 1. The molecule has 0 aliphatic carbocycles. The lowest BCUT2D eigenvalue weighted by Gasteiger charge is -2.03. The van der Waals surface area contributed by atoms with E-state index in [1.165, 1.54) is 11.8 Å². The topological polar surface area (TPSA) is 65.1 Å². The lowest BCUT2D eigenvalue weighted by Crippen LogP contribution is -2.46. The predicted octanol–water partition coefficient (Wildman–Crippen LogP) is 0.0412. The number of hydrogen-bond acceptors (Lipinski definition) is 3. The minimum Gasteiger partial charge on any atom is -0.488 e. The van der Waals surface area contributed by atoms with E-state index < -0.39 is 0 Å². The van der Waals surface area contributed by atoms with Crippen LogP contribution in [0.4, 0.5) is 5.82 Å². The second-order valence-corrected chi connectivity index (χ2v) is 2.84. The van der Waals surface area contributed by atoms with Crippen molar-refractivity contribution in [2.75, 3.05) is 18.7 Å². The van der Waals surface area contributed by atoms with Crippen molar-refractivity contribution < 1.29 is 9.41 Å². The zero-order valence-corrected chi connectivity index (χ0v) is 7.63. The number of halogens is 1. The zero-order valence-electron chi connectivity index (χ0n) is 6.04. The number of nitrogen functional groups attached to an aromatic ring is 2. The van der Waals surface area contributed by atoms with E-state index in [0.29, 0.717) is 11.6 Å². The molecule has 0 fully saturated rings. The molecule has 4 nitrogen and oxygen atoms in total. The highest BCUT2D eigenvalue weighted by Crippen LogP contribution is 2.26. The molecule has 0 atom stereocenters. The molecule has 60 valence electrons. The maximum Gasteiger partial charge on any atom is 0.339 e. The Morgan fingerprint density at radius 3 is 2.73 bits per heavy atom. The van der Waals surface area contributed by atoms with Gasteiger partial charge in [0.25, 0.3) is 0 Å². The van der Waals surface area contributed by atoms with Gasteiger partial charge in [0.15, 0.2) is 0 Å². The van der Waals surface area contributed by atoms with Gasteiger partial charge < -0.3 is 4.74 Å². The van der Waals surface area contributed by atoms with Crippen molar-refractivity contribution in [2.45, 2.75) is 0 Å². The first-order valence-electron chi connectivity index (χ1n) is 2.95. The summed E-state index contributed by atoms with van der Waals surface area (Å²) in [6.07, 6.45) is 1.64. The van der Waals surface area contributed by atoms with E-state index in [-0.39, 0.29) is 0 Å². The van der Waals surface area contributed by atoms with E-state index in [9.17, 15) is 0 Å². The van der Waals surface area contributed by atoms with Gasteiger partial charge in [0.05, 0.1) is 11.6 Å². The Bertz CT molecular complexity index is 277. The number of rotatable bonds is 1. The number of pyridine rings is 1. The monoisotopic (exact) mass is 218 g/mol. The van der Waals surface area contributed by atoms with Crippen LogP contribution in [0.2, 0.25) is 0 Å². The van der Waals surface area contributed by atoms with Gasteiger partial charge in [0.1, 0.15) is 6.20 Å². The summed E-state index contributed by atoms with van der Waals surface area (Å²) in [6, 6.07) is 1.76. The number of methoxy groups -OCH3 is 1. The molecule has 0 unspecified atom stereocenters. The third-order valence-electron chi connectivity index (χ3n) is 1.31. The minimum absolute atomic E-state index is 0.391. The van der Waals surface area contributed by atoms with Gasteiger partial charge in [-0.2, -0.15) is 0 Å². The number of ether oxygens (including phenoxy) is 1. The highest BCUT2D eigenvalue weighted by atomic mass is 79.9. The first-order valence-corrected chi connectivity index (χ1v) is 3.75. The molecule has 0 aromatic carbocycles. The molecule has 0 aliphatic heterocycles. The average molecular weight is 219 g/mol. The quantitative estimate of drug-likeness (QED) is 0.517. The Kier molecular flexibility index (Phi) is 2.19. The third-order valence-corrected chi connectivity index (χ3v) is 1.94. The SMILES string of the molecule is COc1c(Br)cc[n+](N)c1N. The summed E-state index contributed by atoms with van der Waals surface area (Å²) in [7, 11) is 1.54. The summed E-state index contributed by atoms with van der Waals surface area (Å²) in [5.41, 5.74) is 5.58. The van der Waals surface area contributed by atoms with E-state index in [0.717, 1.165) is 4.47 Å². The number of nitrogens with two attached hydrogens (primary N) is 2. The Hall–Kier alpha value is -0.970. The maximum atomic E-state index is 5.58. The van der Waals surface area contributed by atoms with Crippen molar-refractivity contribution in [1.29, 1.82) is 0 Å². The standard InChI is InChI=1S/C6H8BrN3O/c1-11-5-4(7)2-3-10(9)6(5)8/h2-3,8H,9H2,1H3/p+1. The fourth-order valence-corrected chi connectivity index (χ4v) is 1.23. The average Bonchev–Trinajstić information content (AvgIpc) is 1.99. The summed E-state index contributed by atoms with van der Waals surface area (Å²) in [4.78, 5) is 0. The first-order chi connectivity index (χ1) is 5.16. The van der Waals surface area contributed by atoms with Crippen LogP contribution in [-0.4, -0.2) is 7.11 Å². The van der Waals surface area contributed by atoms with Crippen molar-refractivity contribution in [1.82, 2.24) is 0 Å². The van der Waals surface area contributed by atoms with E-state index in [2.05, 4.69) is 15.9 Å². The Labute approximate surface area is 72.9 Å². The van der Waals surface area contributed by atoms with E-state index in [4.69, 9.17) is 16.3 Å². The van der Waals surface area contributed by atoms with Crippen LogP contribution in [0, 0.1) is 0 Å². The number of hydrogen-bond donors (Lipinski definition) is 2. The first kappa shape index (κ1) is 8.13. The molecule has 1 aromatic heterocycles. The van der Waals surface area contributed by atoms with Crippen molar-refractivity contribution in [3.05, 3.63) is 16.7 Å². The van der Waals surface area contributed by atoms with Crippen molar-refractivity contribution in [2.24, 2.45) is 0 Å². The smallest absolute Gasteiger partial charge is 0.339 e. The van der Waals surface area contributed by atoms with Crippen LogP contribution in [0.3, 0.4) is 0 Å². The Balaban J connectivity index is 3.29. The van der Waals surface area contributed by atoms with Crippen LogP contribution in [0.5, 0.6) is 5.75 Å². The molecule has 5 heteroatoms.